The first kappa shape index (κ1) is 24.9. The minimum Gasteiger partial charge on any atom is -0.462 e. The highest BCUT2D eigenvalue weighted by Gasteiger charge is 2.81. The van der Waals surface area contributed by atoms with Crippen molar-refractivity contribution in [2.24, 2.45) is 57.2 Å². The summed E-state index contributed by atoms with van der Waals surface area (Å²) in [7, 11) is 0. The number of carbonyl (C=O) groups excluding carboxylic acids is 1. The molecular weight excluding hydrogens is 416 g/mol. The highest BCUT2D eigenvalue weighted by molar-refractivity contribution is 5.66. The van der Waals surface area contributed by atoms with E-state index in [-0.39, 0.29) is 12.1 Å². The third-order valence-electron chi connectivity index (χ3n) is 13.4. The van der Waals surface area contributed by atoms with E-state index in [1.165, 1.54) is 69.8 Å². The molecule has 5 rings (SSSR count). The Balaban J connectivity index is 1.35. The summed E-state index contributed by atoms with van der Waals surface area (Å²) in [4.78, 5) is 11.7. The van der Waals surface area contributed by atoms with Crippen LogP contribution in [0.2, 0.25) is 0 Å². The van der Waals surface area contributed by atoms with Crippen LogP contribution in [0.3, 0.4) is 0 Å². The molecule has 6 unspecified atom stereocenters. The van der Waals surface area contributed by atoms with Gasteiger partial charge in [0.05, 0.1) is 0 Å². The van der Waals surface area contributed by atoms with Gasteiger partial charge in [-0.05, 0) is 128 Å². The molecule has 2 nitrogen and oxygen atoms in total. The maximum Gasteiger partial charge on any atom is 0.302 e. The number of fused-ring (bicyclic) bond motifs is 2. The van der Waals surface area contributed by atoms with Crippen molar-refractivity contribution >= 4 is 5.97 Å². The molecule has 5 aliphatic rings. The fourth-order valence-electron chi connectivity index (χ4n) is 11.2. The standard InChI is InChI=1S/C32H52O2/c1-20(2)21(3)9-10-22(4)25-13-15-30(8)28-12-11-26-23(5)27(34-24(6)33)14-16-31(26)19-32(28,31)18-17-29(25,30)7/h20,22-23,25-28H,3,9-19H2,1-2,4-8H3/t22-,23+,25-,26?,27+,28?,29?,30?,31?,32?/m1/s1. The Labute approximate surface area is 210 Å². The number of rotatable bonds is 6. The molecule has 2 heteroatoms. The van der Waals surface area contributed by atoms with Crippen molar-refractivity contribution in [2.45, 2.75) is 125 Å². The minimum atomic E-state index is -0.0870. The quantitative estimate of drug-likeness (QED) is 0.288. The molecular formula is C32H52O2. The van der Waals surface area contributed by atoms with Crippen LogP contribution in [-0.2, 0) is 9.53 Å². The van der Waals surface area contributed by atoms with Crippen LogP contribution in [0.4, 0.5) is 0 Å². The molecule has 0 N–H and O–H groups in total. The molecule has 0 aromatic heterocycles. The van der Waals surface area contributed by atoms with E-state index < -0.39 is 0 Å². The van der Waals surface area contributed by atoms with Crippen LogP contribution in [-0.4, -0.2) is 12.1 Å². The number of ether oxygens (including phenoxy) is 1. The van der Waals surface area contributed by atoms with E-state index in [4.69, 9.17) is 4.74 Å². The summed E-state index contributed by atoms with van der Waals surface area (Å²) in [5, 5.41) is 0. The number of esters is 1. The van der Waals surface area contributed by atoms with Crippen LogP contribution in [0, 0.1) is 57.2 Å². The molecule has 5 aliphatic carbocycles. The van der Waals surface area contributed by atoms with Gasteiger partial charge in [0.25, 0.3) is 0 Å². The van der Waals surface area contributed by atoms with Crippen LogP contribution in [0.5, 0.6) is 0 Å². The lowest BCUT2D eigenvalue weighted by atomic mass is 9.43. The van der Waals surface area contributed by atoms with Crippen molar-refractivity contribution in [2.75, 3.05) is 0 Å². The van der Waals surface area contributed by atoms with Gasteiger partial charge in [-0.1, -0.05) is 53.7 Å². The van der Waals surface area contributed by atoms with Crippen molar-refractivity contribution in [1.82, 2.24) is 0 Å². The van der Waals surface area contributed by atoms with Gasteiger partial charge in [-0.2, -0.15) is 0 Å². The zero-order valence-corrected chi connectivity index (χ0v) is 23.3. The monoisotopic (exact) mass is 468 g/mol. The first-order valence-electron chi connectivity index (χ1n) is 14.8. The Morgan fingerprint density at radius 3 is 2.38 bits per heavy atom. The Bertz CT molecular complexity index is 844. The molecule has 34 heavy (non-hydrogen) atoms. The summed E-state index contributed by atoms with van der Waals surface area (Å²) in [6.45, 7) is 21.0. The topological polar surface area (TPSA) is 26.3 Å². The maximum atomic E-state index is 11.7. The maximum absolute atomic E-state index is 11.7. The van der Waals surface area contributed by atoms with E-state index in [1.807, 2.05) is 0 Å². The second-order valence-electron chi connectivity index (χ2n) is 14.6. The van der Waals surface area contributed by atoms with Gasteiger partial charge in [-0.3, -0.25) is 4.79 Å². The number of carbonyl (C=O) groups is 1. The van der Waals surface area contributed by atoms with Gasteiger partial charge >= 0.3 is 5.97 Å². The summed E-state index contributed by atoms with van der Waals surface area (Å²) >= 11 is 0. The molecule has 0 radical (unpaired) electrons. The second-order valence-corrected chi connectivity index (χ2v) is 14.6. The number of hydrogen-bond donors (Lipinski definition) is 0. The zero-order valence-electron chi connectivity index (χ0n) is 23.3. The molecule has 0 bridgehead atoms. The third kappa shape index (κ3) is 3.21. The van der Waals surface area contributed by atoms with Crippen LogP contribution in [0.25, 0.3) is 0 Å². The molecule has 5 saturated carbocycles. The highest BCUT2D eigenvalue weighted by atomic mass is 16.5. The first-order valence-corrected chi connectivity index (χ1v) is 14.8. The Kier molecular flexibility index (Phi) is 5.93. The van der Waals surface area contributed by atoms with Crippen molar-refractivity contribution in [1.29, 1.82) is 0 Å². The van der Waals surface area contributed by atoms with Crippen molar-refractivity contribution in [3.8, 4) is 0 Å². The highest BCUT2D eigenvalue weighted by Crippen LogP contribution is 2.88. The van der Waals surface area contributed by atoms with E-state index in [9.17, 15) is 4.79 Å². The van der Waals surface area contributed by atoms with Gasteiger partial charge in [0.15, 0.2) is 0 Å². The predicted molar refractivity (Wildman–Crippen MR) is 140 cm³/mol. The van der Waals surface area contributed by atoms with Crippen LogP contribution < -0.4 is 0 Å². The van der Waals surface area contributed by atoms with Gasteiger partial charge < -0.3 is 4.74 Å². The summed E-state index contributed by atoms with van der Waals surface area (Å²) in [5.74, 6) is 4.43. The van der Waals surface area contributed by atoms with E-state index >= 15 is 0 Å². The molecule has 192 valence electrons. The van der Waals surface area contributed by atoms with Gasteiger partial charge in [-0.25, -0.2) is 0 Å². The lowest BCUT2D eigenvalue weighted by Gasteiger charge is -2.62. The normalized spacial score (nSPS) is 49.9. The minimum absolute atomic E-state index is 0.0870. The summed E-state index contributed by atoms with van der Waals surface area (Å²) in [6, 6.07) is 0. The van der Waals surface area contributed by atoms with Gasteiger partial charge in [0.1, 0.15) is 6.10 Å². The van der Waals surface area contributed by atoms with Gasteiger partial charge in [0, 0.05) is 6.92 Å². The average molecular weight is 469 g/mol. The fraction of sp³-hybridized carbons (Fsp3) is 0.906. The molecule has 5 fully saturated rings. The zero-order chi connectivity index (χ0) is 24.7. The fourth-order valence-corrected chi connectivity index (χ4v) is 11.2. The molecule has 0 aromatic rings. The van der Waals surface area contributed by atoms with Crippen molar-refractivity contribution in [3.05, 3.63) is 12.2 Å². The van der Waals surface area contributed by atoms with E-state index in [1.54, 1.807) is 6.92 Å². The summed E-state index contributed by atoms with van der Waals surface area (Å²) in [5.41, 5.74) is 3.61. The largest absolute Gasteiger partial charge is 0.462 e. The number of hydrogen-bond acceptors (Lipinski definition) is 2. The van der Waals surface area contributed by atoms with E-state index in [0.717, 1.165) is 30.1 Å². The van der Waals surface area contributed by atoms with Gasteiger partial charge in [-0.15, -0.1) is 0 Å². The van der Waals surface area contributed by atoms with Crippen LogP contribution in [0.1, 0.15) is 119 Å². The molecule has 0 heterocycles. The molecule has 2 spiro atoms. The van der Waals surface area contributed by atoms with E-state index in [0.29, 0.717) is 33.5 Å². The van der Waals surface area contributed by atoms with Crippen LogP contribution in [0.15, 0.2) is 12.2 Å². The lowest BCUT2D eigenvalue weighted by Crippen LogP contribution is -2.56. The third-order valence-corrected chi connectivity index (χ3v) is 13.4. The Morgan fingerprint density at radius 2 is 1.71 bits per heavy atom. The molecule has 0 saturated heterocycles. The van der Waals surface area contributed by atoms with Crippen molar-refractivity contribution < 1.29 is 9.53 Å². The summed E-state index contributed by atoms with van der Waals surface area (Å²) < 4.78 is 5.80. The average Bonchev–Trinajstić information content (AvgIpc) is 3.36. The van der Waals surface area contributed by atoms with E-state index in [2.05, 4.69) is 48.1 Å². The Hall–Kier alpha value is -0.790. The molecule has 10 atom stereocenters. The lowest BCUT2D eigenvalue weighted by molar-refractivity contribution is -0.165. The Morgan fingerprint density at radius 1 is 0.971 bits per heavy atom. The molecule has 0 aliphatic heterocycles. The van der Waals surface area contributed by atoms with Gasteiger partial charge in [0.2, 0.25) is 0 Å². The summed E-state index contributed by atoms with van der Waals surface area (Å²) in [6.07, 6.45) is 15.1. The second kappa shape index (κ2) is 8.11. The number of allylic oxidation sites excluding steroid dienone is 1. The molecule has 0 aromatic carbocycles. The van der Waals surface area contributed by atoms with Crippen molar-refractivity contribution in [3.63, 3.8) is 0 Å². The van der Waals surface area contributed by atoms with Crippen LogP contribution >= 0.6 is 0 Å². The smallest absolute Gasteiger partial charge is 0.302 e. The predicted octanol–water partition coefficient (Wildman–Crippen LogP) is 8.60. The molecule has 0 amide bonds. The SMILES string of the molecule is C=C(CC[C@@H](C)[C@H]1CCC2(C)C3CCC4[C@H](C)[C@@H](OC(C)=O)CCC45CC35CCC12C)C(C)C. The first-order chi connectivity index (χ1) is 15.9.